The summed E-state index contributed by atoms with van der Waals surface area (Å²) in [4.78, 5) is 29.5. The normalized spacial score (nSPS) is 17.1. The molecule has 1 saturated heterocycles. The molecule has 0 bridgehead atoms. The first-order valence-corrected chi connectivity index (χ1v) is 7.12. The van der Waals surface area contributed by atoms with Crippen molar-refractivity contribution in [1.82, 2.24) is 14.7 Å². The molecule has 1 aliphatic rings. The maximum Gasteiger partial charge on any atom is 0.237 e. The van der Waals surface area contributed by atoms with Gasteiger partial charge in [0.15, 0.2) is 0 Å². The molecule has 0 aromatic heterocycles. The summed E-state index contributed by atoms with van der Waals surface area (Å²) in [6, 6.07) is 0.456. The number of hydrogen-bond acceptors (Lipinski definition) is 3. The third kappa shape index (κ3) is 4.49. The Morgan fingerprint density at radius 1 is 1.00 bits per heavy atom. The second-order valence-corrected chi connectivity index (χ2v) is 5.77. The zero-order chi connectivity index (χ0) is 14.6. The Hall–Kier alpha value is -1.10. The van der Waals surface area contributed by atoms with Gasteiger partial charge in [-0.2, -0.15) is 0 Å². The summed E-state index contributed by atoms with van der Waals surface area (Å²) in [6.45, 7) is 13.3. The Labute approximate surface area is 116 Å². The summed E-state index contributed by atoms with van der Waals surface area (Å²) in [7, 11) is 0. The fraction of sp³-hybridized carbons (Fsp3) is 0.857. The molecule has 0 spiro atoms. The molecule has 1 heterocycles. The van der Waals surface area contributed by atoms with Crippen LogP contribution in [0.1, 0.15) is 34.6 Å². The number of amides is 2. The molecule has 1 rings (SSSR count). The summed E-state index contributed by atoms with van der Waals surface area (Å²) < 4.78 is 0. The second-order valence-electron chi connectivity index (χ2n) is 5.77. The predicted molar refractivity (Wildman–Crippen MR) is 75.8 cm³/mol. The lowest BCUT2D eigenvalue weighted by Gasteiger charge is -2.37. The molecular weight excluding hydrogens is 242 g/mol. The van der Waals surface area contributed by atoms with E-state index in [4.69, 9.17) is 0 Å². The van der Waals surface area contributed by atoms with Crippen LogP contribution in [0.15, 0.2) is 0 Å². The van der Waals surface area contributed by atoms with Gasteiger partial charge in [0.1, 0.15) is 0 Å². The molecule has 19 heavy (non-hydrogen) atoms. The van der Waals surface area contributed by atoms with E-state index in [9.17, 15) is 9.59 Å². The van der Waals surface area contributed by atoms with Crippen LogP contribution in [0.2, 0.25) is 0 Å². The quantitative estimate of drug-likeness (QED) is 0.758. The minimum atomic E-state index is 0.122. The highest BCUT2D eigenvalue weighted by molar-refractivity contribution is 5.79. The predicted octanol–water partition coefficient (Wildman–Crippen LogP) is 0.796. The van der Waals surface area contributed by atoms with Gasteiger partial charge in [0.2, 0.25) is 11.8 Å². The molecule has 1 aliphatic heterocycles. The molecule has 1 fully saturated rings. The first-order chi connectivity index (χ1) is 8.82. The van der Waals surface area contributed by atoms with E-state index in [0.717, 1.165) is 26.2 Å². The maximum atomic E-state index is 12.3. The lowest BCUT2D eigenvalue weighted by Crippen LogP contribution is -2.53. The molecule has 0 radical (unpaired) electrons. The van der Waals surface area contributed by atoms with Gasteiger partial charge in [-0.25, -0.2) is 0 Å². The van der Waals surface area contributed by atoms with Crippen LogP contribution in [0.25, 0.3) is 0 Å². The highest BCUT2D eigenvalue weighted by Crippen LogP contribution is 2.08. The molecule has 0 aromatic carbocycles. The van der Waals surface area contributed by atoms with E-state index < -0.39 is 0 Å². The van der Waals surface area contributed by atoms with Crippen molar-refractivity contribution in [1.29, 1.82) is 0 Å². The molecular formula is C14H27N3O2. The lowest BCUT2D eigenvalue weighted by atomic mass is 10.2. The van der Waals surface area contributed by atoms with Gasteiger partial charge >= 0.3 is 0 Å². The average Bonchev–Trinajstić information content (AvgIpc) is 2.28. The minimum Gasteiger partial charge on any atom is -0.340 e. The Bertz CT molecular complexity index is 313. The topological polar surface area (TPSA) is 43.9 Å². The monoisotopic (exact) mass is 269 g/mol. The highest BCUT2D eigenvalue weighted by atomic mass is 16.2. The molecule has 0 atom stereocenters. The molecule has 0 saturated carbocycles. The molecule has 5 heteroatoms. The van der Waals surface area contributed by atoms with Crippen molar-refractivity contribution in [2.24, 2.45) is 0 Å². The number of rotatable bonds is 4. The Balaban J connectivity index is 2.48. The first kappa shape index (κ1) is 16.0. The summed E-state index contributed by atoms with van der Waals surface area (Å²) in [5.41, 5.74) is 0. The van der Waals surface area contributed by atoms with Gasteiger partial charge in [-0.3, -0.25) is 14.5 Å². The van der Waals surface area contributed by atoms with Crippen LogP contribution in [0.3, 0.4) is 0 Å². The van der Waals surface area contributed by atoms with Crippen LogP contribution in [0, 0.1) is 0 Å². The largest absolute Gasteiger partial charge is 0.340 e. The van der Waals surface area contributed by atoms with Crippen molar-refractivity contribution in [3.63, 3.8) is 0 Å². The average molecular weight is 269 g/mol. The Morgan fingerprint density at radius 3 is 1.84 bits per heavy atom. The molecule has 0 N–H and O–H groups in total. The van der Waals surface area contributed by atoms with E-state index in [2.05, 4.69) is 4.90 Å². The third-order valence-electron chi connectivity index (χ3n) is 3.58. The van der Waals surface area contributed by atoms with E-state index in [0.29, 0.717) is 6.54 Å². The third-order valence-corrected chi connectivity index (χ3v) is 3.58. The SMILES string of the molecule is CC(=O)N1CCN(CC(=O)N(C(C)C)C(C)C)CC1. The van der Waals surface area contributed by atoms with Crippen LogP contribution >= 0.6 is 0 Å². The highest BCUT2D eigenvalue weighted by Gasteiger charge is 2.25. The molecule has 0 aromatic rings. The molecule has 2 amide bonds. The van der Waals surface area contributed by atoms with Gasteiger partial charge in [0, 0.05) is 45.2 Å². The van der Waals surface area contributed by atoms with Crippen molar-refractivity contribution in [2.45, 2.75) is 46.7 Å². The van der Waals surface area contributed by atoms with E-state index in [-0.39, 0.29) is 23.9 Å². The van der Waals surface area contributed by atoms with Gasteiger partial charge in [-0.1, -0.05) is 0 Å². The van der Waals surface area contributed by atoms with Gasteiger partial charge in [0.05, 0.1) is 6.54 Å². The van der Waals surface area contributed by atoms with Crippen LogP contribution in [-0.4, -0.2) is 71.3 Å². The van der Waals surface area contributed by atoms with E-state index >= 15 is 0 Å². The van der Waals surface area contributed by atoms with Gasteiger partial charge in [-0.05, 0) is 27.7 Å². The van der Waals surface area contributed by atoms with Gasteiger partial charge in [0.25, 0.3) is 0 Å². The summed E-state index contributed by atoms with van der Waals surface area (Å²) in [5, 5.41) is 0. The Morgan fingerprint density at radius 2 is 1.47 bits per heavy atom. The smallest absolute Gasteiger partial charge is 0.237 e. The van der Waals surface area contributed by atoms with Crippen LogP contribution in [-0.2, 0) is 9.59 Å². The van der Waals surface area contributed by atoms with Crippen molar-refractivity contribution in [2.75, 3.05) is 32.7 Å². The fourth-order valence-electron chi connectivity index (χ4n) is 2.67. The summed E-state index contributed by atoms with van der Waals surface area (Å²) >= 11 is 0. The van der Waals surface area contributed by atoms with E-state index in [1.54, 1.807) is 6.92 Å². The number of nitrogens with zero attached hydrogens (tertiary/aromatic N) is 3. The number of carbonyl (C=O) groups is 2. The molecule has 0 unspecified atom stereocenters. The second kappa shape index (κ2) is 6.89. The molecule has 0 aliphatic carbocycles. The van der Waals surface area contributed by atoms with Crippen molar-refractivity contribution in [3.8, 4) is 0 Å². The minimum absolute atomic E-state index is 0.122. The Kier molecular flexibility index (Phi) is 5.79. The maximum absolute atomic E-state index is 12.3. The van der Waals surface area contributed by atoms with Crippen LogP contribution in [0.5, 0.6) is 0 Å². The van der Waals surface area contributed by atoms with Crippen molar-refractivity contribution < 1.29 is 9.59 Å². The van der Waals surface area contributed by atoms with Gasteiger partial charge in [-0.15, -0.1) is 0 Å². The zero-order valence-corrected chi connectivity index (χ0v) is 12.8. The lowest BCUT2D eigenvalue weighted by molar-refractivity contribution is -0.137. The summed E-state index contributed by atoms with van der Waals surface area (Å²) in [5.74, 6) is 0.304. The standard InChI is InChI=1S/C14H27N3O2/c1-11(2)17(12(3)4)14(19)10-15-6-8-16(9-7-15)13(5)18/h11-12H,6-10H2,1-5H3. The van der Waals surface area contributed by atoms with Crippen LogP contribution < -0.4 is 0 Å². The van der Waals surface area contributed by atoms with Gasteiger partial charge < -0.3 is 9.80 Å². The first-order valence-electron chi connectivity index (χ1n) is 7.12. The molecule has 5 nitrogen and oxygen atoms in total. The fourth-order valence-corrected chi connectivity index (χ4v) is 2.67. The van der Waals surface area contributed by atoms with Crippen LogP contribution in [0.4, 0.5) is 0 Å². The number of hydrogen-bond donors (Lipinski definition) is 0. The molecule has 110 valence electrons. The van der Waals surface area contributed by atoms with E-state index in [1.165, 1.54) is 0 Å². The number of carbonyl (C=O) groups excluding carboxylic acids is 2. The van der Waals surface area contributed by atoms with Crippen molar-refractivity contribution >= 4 is 11.8 Å². The zero-order valence-electron chi connectivity index (χ0n) is 12.8. The number of piperazine rings is 1. The van der Waals surface area contributed by atoms with Crippen molar-refractivity contribution in [3.05, 3.63) is 0 Å². The summed E-state index contributed by atoms with van der Waals surface area (Å²) in [6.07, 6.45) is 0. The van der Waals surface area contributed by atoms with E-state index in [1.807, 2.05) is 37.5 Å².